The summed E-state index contributed by atoms with van der Waals surface area (Å²) in [5, 5.41) is 7.05. The van der Waals surface area contributed by atoms with Crippen LogP contribution in [0.25, 0.3) is 0 Å². The lowest BCUT2D eigenvalue weighted by atomic mass is 9.97. The van der Waals surface area contributed by atoms with Crippen molar-refractivity contribution in [2.45, 2.75) is 52.0 Å². The van der Waals surface area contributed by atoms with Gasteiger partial charge in [0.2, 0.25) is 0 Å². The van der Waals surface area contributed by atoms with Crippen LogP contribution >= 0.6 is 24.0 Å². The van der Waals surface area contributed by atoms with Crippen molar-refractivity contribution >= 4 is 29.9 Å². The Bertz CT molecular complexity index is 337. The highest BCUT2D eigenvalue weighted by Gasteiger charge is 2.22. The minimum atomic E-state index is 0. The number of nitrogens with zero attached hydrogens (tertiary/aromatic N) is 3. The minimum absolute atomic E-state index is 0. The van der Waals surface area contributed by atoms with Crippen molar-refractivity contribution in [3.8, 4) is 0 Å². The fourth-order valence-corrected chi connectivity index (χ4v) is 3.25. The number of halogens is 1. The van der Waals surface area contributed by atoms with Gasteiger partial charge in [0.05, 0.1) is 0 Å². The second kappa shape index (κ2) is 14.1. The van der Waals surface area contributed by atoms with Gasteiger partial charge in [-0.05, 0) is 32.9 Å². The third-order valence-corrected chi connectivity index (χ3v) is 4.93. The highest BCUT2D eigenvalue weighted by molar-refractivity contribution is 14.0. The summed E-state index contributed by atoms with van der Waals surface area (Å²) < 4.78 is 0. The lowest BCUT2D eigenvalue weighted by molar-refractivity contribution is 0.116. The van der Waals surface area contributed by atoms with Gasteiger partial charge in [0.1, 0.15) is 0 Å². The van der Waals surface area contributed by atoms with Crippen molar-refractivity contribution in [2.75, 3.05) is 53.9 Å². The Hall–Kier alpha value is -0.0800. The zero-order chi connectivity index (χ0) is 17.1. The van der Waals surface area contributed by atoms with Gasteiger partial charge in [0, 0.05) is 45.8 Å². The standard InChI is InChI=1S/C18H39N5.HI/c1-6-8-10-16(9-7-2)13-20-18(19-3)21-14-17-15-22(4)11-12-23(17)5;/h16-17H,6-15H2,1-5H3,(H2,19,20,21);1H. The minimum Gasteiger partial charge on any atom is -0.356 e. The average molecular weight is 453 g/mol. The fraction of sp³-hybridized carbons (Fsp3) is 0.944. The van der Waals surface area contributed by atoms with Crippen LogP contribution in [0.5, 0.6) is 0 Å². The molecule has 0 saturated carbocycles. The number of unbranched alkanes of at least 4 members (excludes halogenated alkanes) is 1. The first-order chi connectivity index (χ1) is 11.1. The lowest BCUT2D eigenvalue weighted by Crippen LogP contribution is -2.55. The monoisotopic (exact) mass is 453 g/mol. The number of aliphatic imine (C=N–C) groups is 1. The first kappa shape index (κ1) is 23.9. The highest BCUT2D eigenvalue weighted by atomic mass is 127. The third-order valence-electron chi connectivity index (χ3n) is 4.93. The number of piperazine rings is 1. The van der Waals surface area contributed by atoms with Crippen molar-refractivity contribution < 1.29 is 0 Å². The molecule has 0 radical (unpaired) electrons. The molecule has 0 aromatic rings. The van der Waals surface area contributed by atoms with E-state index in [2.05, 4.69) is 53.4 Å². The van der Waals surface area contributed by atoms with E-state index >= 15 is 0 Å². The van der Waals surface area contributed by atoms with E-state index in [9.17, 15) is 0 Å². The largest absolute Gasteiger partial charge is 0.356 e. The zero-order valence-corrected chi connectivity index (χ0v) is 18.8. The summed E-state index contributed by atoms with van der Waals surface area (Å²) in [5.41, 5.74) is 0. The SMILES string of the molecule is CCCCC(CCC)CNC(=NC)NCC1CN(C)CCN1C.I. The lowest BCUT2D eigenvalue weighted by Gasteiger charge is -2.38. The fourth-order valence-electron chi connectivity index (χ4n) is 3.25. The second-order valence-electron chi connectivity index (χ2n) is 7.03. The number of guanidine groups is 1. The molecule has 1 aliphatic rings. The molecule has 2 N–H and O–H groups in total. The summed E-state index contributed by atoms with van der Waals surface area (Å²) in [6, 6.07) is 0.554. The quantitative estimate of drug-likeness (QED) is 0.320. The predicted molar refractivity (Wildman–Crippen MR) is 117 cm³/mol. The summed E-state index contributed by atoms with van der Waals surface area (Å²) in [6.45, 7) is 9.97. The van der Waals surface area contributed by atoms with E-state index in [0.29, 0.717) is 6.04 Å². The topological polar surface area (TPSA) is 42.9 Å². The van der Waals surface area contributed by atoms with Crippen molar-refractivity contribution in [3.63, 3.8) is 0 Å². The van der Waals surface area contributed by atoms with Gasteiger partial charge in [-0.1, -0.05) is 33.1 Å². The Morgan fingerprint density at radius 1 is 1.12 bits per heavy atom. The predicted octanol–water partition coefficient (Wildman–Crippen LogP) is 2.62. The van der Waals surface area contributed by atoms with Crippen molar-refractivity contribution in [1.29, 1.82) is 0 Å². The number of likely N-dealkylation sites (N-methyl/N-ethyl adjacent to an activating group) is 2. The Morgan fingerprint density at radius 2 is 1.88 bits per heavy atom. The Morgan fingerprint density at radius 3 is 2.50 bits per heavy atom. The number of hydrogen-bond donors (Lipinski definition) is 2. The molecule has 1 aliphatic heterocycles. The van der Waals surface area contributed by atoms with Gasteiger partial charge in [-0.3, -0.25) is 9.89 Å². The van der Waals surface area contributed by atoms with E-state index in [1.165, 1.54) is 32.1 Å². The molecule has 2 atom stereocenters. The van der Waals surface area contributed by atoms with Crippen LogP contribution in [0.15, 0.2) is 4.99 Å². The molecule has 1 saturated heterocycles. The molecular formula is C18H40IN5. The highest BCUT2D eigenvalue weighted by Crippen LogP contribution is 2.13. The first-order valence-corrected chi connectivity index (χ1v) is 9.43. The maximum atomic E-state index is 4.39. The van der Waals surface area contributed by atoms with Gasteiger partial charge in [-0.15, -0.1) is 24.0 Å². The van der Waals surface area contributed by atoms with E-state index < -0.39 is 0 Å². The molecular weight excluding hydrogens is 413 g/mol. The zero-order valence-electron chi connectivity index (χ0n) is 16.5. The van der Waals surface area contributed by atoms with Crippen molar-refractivity contribution in [1.82, 2.24) is 20.4 Å². The van der Waals surface area contributed by atoms with E-state index in [1.807, 2.05) is 7.05 Å². The van der Waals surface area contributed by atoms with Crippen LogP contribution in [-0.4, -0.2) is 75.7 Å². The molecule has 1 fully saturated rings. The maximum absolute atomic E-state index is 4.39. The maximum Gasteiger partial charge on any atom is 0.191 e. The summed E-state index contributed by atoms with van der Waals surface area (Å²) >= 11 is 0. The van der Waals surface area contributed by atoms with Crippen LogP contribution in [0, 0.1) is 5.92 Å². The molecule has 0 amide bonds. The molecule has 0 bridgehead atoms. The van der Waals surface area contributed by atoms with Crippen LogP contribution in [0.2, 0.25) is 0 Å². The third kappa shape index (κ3) is 9.42. The van der Waals surface area contributed by atoms with Gasteiger partial charge in [-0.2, -0.15) is 0 Å². The Kier molecular flexibility index (Phi) is 14.1. The summed E-state index contributed by atoms with van der Waals surface area (Å²) in [5.74, 6) is 1.71. The molecule has 0 spiro atoms. The second-order valence-corrected chi connectivity index (χ2v) is 7.03. The number of hydrogen-bond acceptors (Lipinski definition) is 3. The molecule has 2 unspecified atom stereocenters. The molecule has 144 valence electrons. The van der Waals surface area contributed by atoms with Gasteiger partial charge in [0.25, 0.3) is 0 Å². The van der Waals surface area contributed by atoms with E-state index in [4.69, 9.17) is 0 Å². The molecule has 24 heavy (non-hydrogen) atoms. The Labute approximate surface area is 167 Å². The molecule has 0 aromatic carbocycles. The number of rotatable bonds is 9. The molecule has 0 aromatic heterocycles. The van der Waals surface area contributed by atoms with E-state index in [0.717, 1.165) is 44.6 Å². The summed E-state index contributed by atoms with van der Waals surface area (Å²) in [4.78, 5) is 9.24. The van der Waals surface area contributed by atoms with Gasteiger partial charge in [0.15, 0.2) is 5.96 Å². The normalized spacial score (nSPS) is 21.2. The summed E-state index contributed by atoms with van der Waals surface area (Å²) in [6.07, 6.45) is 6.51. The van der Waals surface area contributed by atoms with Gasteiger partial charge < -0.3 is 15.5 Å². The average Bonchev–Trinajstić information content (AvgIpc) is 2.55. The van der Waals surface area contributed by atoms with Crippen LogP contribution in [0.1, 0.15) is 46.0 Å². The van der Waals surface area contributed by atoms with Gasteiger partial charge >= 0.3 is 0 Å². The molecule has 6 heteroatoms. The summed E-state index contributed by atoms with van der Waals surface area (Å²) in [7, 11) is 6.29. The molecule has 5 nitrogen and oxygen atoms in total. The van der Waals surface area contributed by atoms with Crippen molar-refractivity contribution in [2.24, 2.45) is 10.9 Å². The van der Waals surface area contributed by atoms with Crippen LogP contribution in [0.4, 0.5) is 0 Å². The molecule has 1 rings (SSSR count). The van der Waals surface area contributed by atoms with Crippen LogP contribution in [-0.2, 0) is 0 Å². The number of nitrogens with one attached hydrogen (secondary N) is 2. The first-order valence-electron chi connectivity index (χ1n) is 9.43. The van der Waals surface area contributed by atoms with Crippen molar-refractivity contribution in [3.05, 3.63) is 0 Å². The van der Waals surface area contributed by atoms with Crippen LogP contribution < -0.4 is 10.6 Å². The van der Waals surface area contributed by atoms with E-state index in [1.54, 1.807) is 0 Å². The molecule has 0 aliphatic carbocycles. The van der Waals surface area contributed by atoms with Crippen LogP contribution in [0.3, 0.4) is 0 Å². The van der Waals surface area contributed by atoms with E-state index in [-0.39, 0.29) is 24.0 Å². The van der Waals surface area contributed by atoms with Gasteiger partial charge in [-0.25, -0.2) is 0 Å². The molecule has 1 heterocycles. The Balaban J connectivity index is 0.00000529. The smallest absolute Gasteiger partial charge is 0.191 e.